The maximum Gasteiger partial charge on any atom is 0.262 e. The monoisotopic (exact) mass is 260 g/mol. The van der Waals surface area contributed by atoms with Crippen molar-refractivity contribution in [2.24, 2.45) is 5.10 Å². The van der Waals surface area contributed by atoms with Crippen LogP contribution < -0.4 is 5.32 Å². The number of allylic oxidation sites excluding steroid dienone is 2. The smallest absolute Gasteiger partial charge is 0.262 e. The Labute approximate surface area is 113 Å². The number of nitrogens with zero attached hydrogens (tertiary/aromatic N) is 3. The molecule has 3 heterocycles. The van der Waals surface area contributed by atoms with E-state index in [9.17, 15) is 4.79 Å². The molecular weight excluding hydrogens is 240 g/mol. The van der Waals surface area contributed by atoms with E-state index >= 15 is 0 Å². The number of hydrazone groups is 1. The largest absolute Gasteiger partial charge is 0.322 e. The van der Waals surface area contributed by atoms with E-state index in [4.69, 9.17) is 0 Å². The standard InChI is InChI=1S/C14H20N4O/c19-14-11-17-9-4-2-6-13(17)16-18(14)10-7-12-5-1-3-8-15-12/h2,4,6,9,12,15H,1,3,5,7-8,10-11H2. The average molecular weight is 260 g/mol. The summed E-state index contributed by atoms with van der Waals surface area (Å²) in [5, 5.41) is 9.57. The van der Waals surface area contributed by atoms with Crippen molar-refractivity contribution in [3.8, 4) is 0 Å². The van der Waals surface area contributed by atoms with E-state index < -0.39 is 0 Å². The molecule has 0 saturated carbocycles. The van der Waals surface area contributed by atoms with Gasteiger partial charge in [0.1, 0.15) is 6.54 Å². The number of amides is 1. The van der Waals surface area contributed by atoms with Crippen LogP contribution in [-0.2, 0) is 4.79 Å². The van der Waals surface area contributed by atoms with Crippen molar-refractivity contribution in [2.75, 3.05) is 19.6 Å². The van der Waals surface area contributed by atoms with E-state index in [1.807, 2.05) is 29.3 Å². The van der Waals surface area contributed by atoms with Gasteiger partial charge in [-0.3, -0.25) is 4.79 Å². The normalized spacial score (nSPS) is 26.4. The fraction of sp³-hybridized carbons (Fsp3) is 0.571. The second-order valence-electron chi connectivity index (χ2n) is 5.24. The fourth-order valence-electron chi connectivity index (χ4n) is 2.72. The molecule has 1 N–H and O–H groups in total. The maximum absolute atomic E-state index is 12.0. The summed E-state index contributed by atoms with van der Waals surface area (Å²) >= 11 is 0. The van der Waals surface area contributed by atoms with Gasteiger partial charge in [0.2, 0.25) is 0 Å². The minimum atomic E-state index is 0.0829. The molecule has 5 nitrogen and oxygen atoms in total. The van der Waals surface area contributed by atoms with Crippen molar-refractivity contribution >= 4 is 11.7 Å². The van der Waals surface area contributed by atoms with Crippen molar-refractivity contribution in [3.05, 3.63) is 24.4 Å². The van der Waals surface area contributed by atoms with Crippen LogP contribution in [-0.4, -0.2) is 47.3 Å². The molecule has 102 valence electrons. The Kier molecular flexibility index (Phi) is 3.64. The lowest BCUT2D eigenvalue weighted by molar-refractivity contribution is -0.132. The summed E-state index contributed by atoms with van der Waals surface area (Å²) in [7, 11) is 0. The Morgan fingerprint density at radius 1 is 1.37 bits per heavy atom. The van der Waals surface area contributed by atoms with Gasteiger partial charge in [-0.2, -0.15) is 5.10 Å². The van der Waals surface area contributed by atoms with E-state index in [1.165, 1.54) is 19.3 Å². The Balaban J connectivity index is 1.59. The first-order valence-corrected chi connectivity index (χ1v) is 7.07. The predicted octanol–water partition coefficient (Wildman–Crippen LogP) is 1.06. The highest BCUT2D eigenvalue weighted by Gasteiger charge is 2.25. The van der Waals surface area contributed by atoms with E-state index in [2.05, 4.69) is 10.4 Å². The molecule has 3 aliphatic heterocycles. The van der Waals surface area contributed by atoms with Crippen molar-refractivity contribution in [1.82, 2.24) is 15.2 Å². The number of hydrogen-bond acceptors (Lipinski definition) is 4. The average Bonchev–Trinajstić information content (AvgIpc) is 2.46. The number of hydrogen-bond donors (Lipinski definition) is 1. The first kappa shape index (κ1) is 12.4. The molecule has 5 heteroatoms. The molecule has 0 aromatic heterocycles. The lowest BCUT2D eigenvalue weighted by Crippen LogP contribution is -2.46. The van der Waals surface area contributed by atoms with Crippen LogP contribution >= 0.6 is 0 Å². The first-order valence-electron chi connectivity index (χ1n) is 7.07. The molecule has 0 spiro atoms. The Hall–Kier alpha value is -1.62. The van der Waals surface area contributed by atoms with Gasteiger partial charge in [-0.05, 0) is 38.0 Å². The summed E-state index contributed by atoms with van der Waals surface area (Å²) in [4.78, 5) is 13.9. The van der Waals surface area contributed by atoms with Crippen LogP contribution in [0.25, 0.3) is 0 Å². The fourth-order valence-corrected chi connectivity index (χ4v) is 2.72. The number of rotatable bonds is 3. The minimum Gasteiger partial charge on any atom is -0.322 e. The lowest BCUT2D eigenvalue weighted by Gasteiger charge is -2.32. The molecule has 1 atom stereocenters. The second kappa shape index (κ2) is 5.57. The van der Waals surface area contributed by atoms with Gasteiger partial charge in [0, 0.05) is 18.8 Å². The summed E-state index contributed by atoms with van der Waals surface area (Å²) in [6.07, 6.45) is 12.5. The lowest BCUT2D eigenvalue weighted by atomic mass is 10.0. The Morgan fingerprint density at radius 2 is 2.32 bits per heavy atom. The molecule has 1 amide bonds. The SMILES string of the molecule is O=C1CN2C=CC=CC2=NN1CCC1CCCCN1. The molecular formula is C14H20N4O. The summed E-state index contributed by atoms with van der Waals surface area (Å²) in [6, 6.07) is 0.543. The molecule has 3 rings (SSSR count). The van der Waals surface area contributed by atoms with Crippen LogP contribution in [0.5, 0.6) is 0 Å². The van der Waals surface area contributed by atoms with Gasteiger partial charge in [0.05, 0.1) is 0 Å². The van der Waals surface area contributed by atoms with E-state index in [0.717, 1.165) is 18.8 Å². The number of nitrogens with one attached hydrogen (secondary N) is 1. The molecule has 0 bridgehead atoms. The van der Waals surface area contributed by atoms with Gasteiger partial charge in [-0.15, -0.1) is 0 Å². The zero-order valence-corrected chi connectivity index (χ0v) is 11.1. The summed E-state index contributed by atoms with van der Waals surface area (Å²) in [5.41, 5.74) is 0. The van der Waals surface area contributed by atoms with Crippen molar-refractivity contribution < 1.29 is 4.79 Å². The highest BCUT2D eigenvalue weighted by Crippen LogP contribution is 2.14. The van der Waals surface area contributed by atoms with E-state index in [0.29, 0.717) is 19.1 Å². The van der Waals surface area contributed by atoms with Gasteiger partial charge in [0.15, 0.2) is 5.84 Å². The third kappa shape index (κ3) is 2.87. The molecule has 0 aromatic rings. The molecule has 1 fully saturated rings. The van der Waals surface area contributed by atoms with Crippen molar-refractivity contribution in [2.45, 2.75) is 31.7 Å². The highest BCUT2D eigenvalue weighted by molar-refractivity contribution is 6.00. The first-order chi connectivity index (χ1) is 9.33. The maximum atomic E-state index is 12.0. The predicted molar refractivity (Wildman–Crippen MR) is 74.4 cm³/mol. The summed E-state index contributed by atoms with van der Waals surface area (Å²) in [5.74, 6) is 0.943. The van der Waals surface area contributed by atoms with Gasteiger partial charge in [-0.1, -0.05) is 12.5 Å². The van der Waals surface area contributed by atoms with Gasteiger partial charge >= 0.3 is 0 Å². The van der Waals surface area contributed by atoms with Crippen LogP contribution in [0, 0.1) is 0 Å². The zero-order valence-electron chi connectivity index (χ0n) is 11.1. The van der Waals surface area contributed by atoms with Crippen LogP contribution in [0.1, 0.15) is 25.7 Å². The van der Waals surface area contributed by atoms with Gasteiger partial charge in [-0.25, -0.2) is 5.01 Å². The Bertz CT molecular complexity index is 435. The number of carbonyl (C=O) groups is 1. The van der Waals surface area contributed by atoms with Crippen LogP contribution in [0.15, 0.2) is 29.5 Å². The number of carbonyl (C=O) groups excluding carboxylic acids is 1. The Morgan fingerprint density at radius 3 is 3.16 bits per heavy atom. The molecule has 0 aromatic carbocycles. The highest BCUT2D eigenvalue weighted by atomic mass is 16.2. The molecule has 0 aliphatic carbocycles. The van der Waals surface area contributed by atoms with Gasteiger partial charge in [0.25, 0.3) is 5.91 Å². The van der Waals surface area contributed by atoms with Crippen molar-refractivity contribution in [1.29, 1.82) is 0 Å². The van der Waals surface area contributed by atoms with Crippen LogP contribution in [0.2, 0.25) is 0 Å². The minimum absolute atomic E-state index is 0.0829. The summed E-state index contributed by atoms with van der Waals surface area (Å²) < 4.78 is 0. The molecule has 3 aliphatic rings. The van der Waals surface area contributed by atoms with Crippen molar-refractivity contribution in [3.63, 3.8) is 0 Å². The molecule has 1 saturated heterocycles. The molecule has 1 unspecified atom stereocenters. The van der Waals surface area contributed by atoms with Crippen LogP contribution in [0.4, 0.5) is 0 Å². The van der Waals surface area contributed by atoms with E-state index in [-0.39, 0.29) is 5.91 Å². The van der Waals surface area contributed by atoms with Crippen LogP contribution in [0.3, 0.4) is 0 Å². The third-order valence-corrected chi connectivity index (χ3v) is 3.84. The second-order valence-corrected chi connectivity index (χ2v) is 5.24. The molecule has 19 heavy (non-hydrogen) atoms. The number of amidine groups is 1. The number of piperidine rings is 1. The zero-order chi connectivity index (χ0) is 13.1. The number of fused-ring (bicyclic) bond motifs is 1. The van der Waals surface area contributed by atoms with E-state index in [1.54, 1.807) is 5.01 Å². The third-order valence-electron chi connectivity index (χ3n) is 3.84. The summed E-state index contributed by atoms with van der Waals surface area (Å²) in [6.45, 7) is 2.22. The molecule has 0 radical (unpaired) electrons. The van der Waals surface area contributed by atoms with Gasteiger partial charge < -0.3 is 10.2 Å². The topological polar surface area (TPSA) is 47.9 Å². The quantitative estimate of drug-likeness (QED) is 0.825.